The van der Waals surface area contributed by atoms with E-state index in [1.54, 1.807) is 6.20 Å². The Morgan fingerprint density at radius 3 is 2.55 bits per heavy atom. The van der Waals surface area contributed by atoms with Crippen LogP contribution in [0.3, 0.4) is 0 Å². The summed E-state index contributed by atoms with van der Waals surface area (Å²) in [6, 6.07) is 0.132. The molecule has 1 amide bonds. The monoisotopic (exact) mass is 456 g/mol. The van der Waals surface area contributed by atoms with Gasteiger partial charge in [-0.25, -0.2) is 9.97 Å². The van der Waals surface area contributed by atoms with Crippen LogP contribution in [0.2, 0.25) is 0 Å². The molecule has 0 radical (unpaired) electrons. The van der Waals surface area contributed by atoms with Crippen LogP contribution >= 0.6 is 0 Å². The van der Waals surface area contributed by atoms with E-state index < -0.39 is 5.60 Å². The highest BCUT2D eigenvalue weighted by atomic mass is 16.5. The van der Waals surface area contributed by atoms with Crippen molar-refractivity contribution in [1.82, 2.24) is 15.3 Å². The Morgan fingerprint density at radius 2 is 1.91 bits per heavy atom. The van der Waals surface area contributed by atoms with Gasteiger partial charge in [-0.05, 0) is 76.5 Å². The molecule has 8 nitrogen and oxygen atoms in total. The molecule has 0 aromatic carbocycles. The van der Waals surface area contributed by atoms with Gasteiger partial charge in [0.1, 0.15) is 6.10 Å². The number of morpholine rings is 1. The fourth-order valence-electron chi connectivity index (χ4n) is 7.54. The number of carbonyl (C=O) groups excluding carboxylic acids is 1. The third-order valence-electron chi connectivity index (χ3n) is 8.53. The molecule has 5 atom stereocenters. The lowest BCUT2D eigenvalue weighted by atomic mass is 9.52. The smallest absolute Gasteiger partial charge is 0.255 e. The van der Waals surface area contributed by atoms with Crippen molar-refractivity contribution >= 4 is 11.9 Å². The lowest BCUT2D eigenvalue weighted by Crippen LogP contribution is -2.61. The van der Waals surface area contributed by atoms with Crippen LogP contribution in [-0.4, -0.2) is 64.5 Å². The molecule has 0 spiro atoms. The summed E-state index contributed by atoms with van der Waals surface area (Å²) in [6.45, 7) is 6.29. The maximum atomic E-state index is 13.5. The first kappa shape index (κ1) is 21.7. The summed E-state index contributed by atoms with van der Waals surface area (Å²) in [5.41, 5.74) is 0.745. The van der Waals surface area contributed by atoms with E-state index in [2.05, 4.69) is 29.0 Å². The zero-order chi connectivity index (χ0) is 22.7. The van der Waals surface area contributed by atoms with Gasteiger partial charge < -0.3 is 24.8 Å². The highest BCUT2D eigenvalue weighted by Crippen LogP contribution is 2.55. The van der Waals surface area contributed by atoms with Crippen LogP contribution in [0.25, 0.3) is 0 Å². The first-order valence-electron chi connectivity index (χ1n) is 12.8. The molecule has 2 unspecified atom stereocenters. The number of rotatable bonds is 4. The van der Waals surface area contributed by atoms with Crippen LogP contribution in [0.5, 0.6) is 0 Å². The molecule has 2 saturated heterocycles. The lowest BCUT2D eigenvalue weighted by molar-refractivity contribution is -0.136. The normalized spacial score (nSPS) is 42.0. The maximum absolute atomic E-state index is 13.5. The number of aliphatic hydroxyl groups is 1. The number of amides is 1. The Bertz CT molecular complexity index is 894. The SMILES string of the molecule is C[C@@H]1CN(c2ncc(C(=O)N[C@H]3C4CC5CC3C[C@@](O)(C5)C4)c([C@@H]3CCCO3)n2)C[C@H](C)O1. The minimum Gasteiger partial charge on any atom is -0.390 e. The van der Waals surface area contributed by atoms with Crippen LogP contribution in [-0.2, 0) is 9.47 Å². The van der Waals surface area contributed by atoms with Crippen molar-refractivity contribution in [3.63, 3.8) is 0 Å². The van der Waals surface area contributed by atoms with E-state index >= 15 is 0 Å². The summed E-state index contributed by atoms with van der Waals surface area (Å²) in [5.74, 6) is 1.90. The van der Waals surface area contributed by atoms with Crippen LogP contribution in [0.1, 0.15) is 80.9 Å². The molecule has 8 heteroatoms. The summed E-state index contributed by atoms with van der Waals surface area (Å²) < 4.78 is 11.8. The van der Waals surface area contributed by atoms with Gasteiger partial charge in [0.25, 0.3) is 5.91 Å². The van der Waals surface area contributed by atoms with Crippen molar-refractivity contribution in [2.24, 2.45) is 17.8 Å². The van der Waals surface area contributed by atoms with Crippen molar-refractivity contribution in [2.75, 3.05) is 24.6 Å². The van der Waals surface area contributed by atoms with E-state index in [9.17, 15) is 9.90 Å². The van der Waals surface area contributed by atoms with Gasteiger partial charge in [0, 0.05) is 31.9 Å². The van der Waals surface area contributed by atoms with Crippen molar-refractivity contribution < 1.29 is 19.4 Å². The second-order valence-electron chi connectivity index (χ2n) is 11.3. The predicted octanol–water partition coefficient (Wildman–Crippen LogP) is 2.61. The molecule has 1 aromatic rings. The van der Waals surface area contributed by atoms with E-state index in [4.69, 9.17) is 14.5 Å². The second-order valence-corrected chi connectivity index (χ2v) is 11.3. The Labute approximate surface area is 195 Å². The van der Waals surface area contributed by atoms with Gasteiger partial charge in [-0.1, -0.05) is 0 Å². The Kier molecular flexibility index (Phi) is 5.38. The number of anilines is 1. The number of hydrogen-bond acceptors (Lipinski definition) is 7. The molecule has 2 N–H and O–H groups in total. The quantitative estimate of drug-likeness (QED) is 0.719. The molecule has 3 heterocycles. The van der Waals surface area contributed by atoms with Crippen LogP contribution in [0.15, 0.2) is 6.20 Å². The number of hydrogen-bond donors (Lipinski definition) is 2. The molecule has 180 valence electrons. The summed E-state index contributed by atoms with van der Waals surface area (Å²) >= 11 is 0. The zero-order valence-corrected chi connectivity index (χ0v) is 19.7. The van der Waals surface area contributed by atoms with E-state index in [1.165, 1.54) is 0 Å². The summed E-state index contributed by atoms with van der Waals surface area (Å²) in [7, 11) is 0. The Morgan fingerprint density at radius 1 is 1.18 bits per heavy atom. The summed E-state index contributed by atoms with van der Waals surface area (Å²) in [6.07, 6.45) is 8.40. The number of nitrogens with one attached hydrogen (secondary N) is 1. The average molecular weight is 457 g/mol. The zero-order valence-electron chi connectivity index (χ0n) is 19.7. The lowest BCUT2D eigenvalue weighted by Gasteiger charge is -2.58. The molecule has 7 rings (SSSR count). The number of nitrogens with zero attached hydrogens (tertiary/aromatic N) is 3. The van der Waals surface area contributed by atoms with Gasteiger partial charge in [-0.15, -0.1) is 0 Å². The minimum atomic E-state index is -0.502. The fourth-order valence-corrected chi connectivity index (χ4v) is 7.54. The molecule has 6 aliphatic rings. The van der Waals surface area contributed by atoms with E-state index in [1.807, 2.05) is 0 Å². The molecule has 4 saturated carbocycles. The third-order valence-corrected chi connectivity index (χ3v) is 8.53. The van der Waals surface area contributed by atoms with Gasteiger partial charge in [0.2, 0.25) is 5.95 Å². The number of carbonyl (C=O) groups is 1. The van der Waals surface area contributed by atoms with E-state index in [-0.39, 0.29) is 30.3 Å². The standard InChI is InChI=1S/C25H36N4O4/c1-14-12-29(13-15(2)33-14)24-26-11-19(22(28-24)20-4-3-5-32-20)23(30)27-21-17-6-16-7-18(21)10-25(31,8-16)9-17/h11,14-18,20-21,31H,3-10,12-13H2,1-2H3,(H,27,30)/t14-,15+,16?,17?,18?,20-,21-,25+/m0/s1. The second kappa shape index (κ2) is 8.17. The fraction of sp³-hybridized carbons (Fsp3) is 0.800. The van der Waals surface area contributed by atoms with Gasteiger partial charge >= 0.3 is 0 Å². The van der Waals surface area contributed by atoms with Crippen LogP contribution in [0.4, 0.5) is 5.95 Å². The van der Waals surface area contributed by atoms with Crippen LogP contribution in [0, 0.1) is 17.8 Å². The molecule has 1 aromatic heterocycles. The molecule has 4 bridgehead atoms. The highest BCUT2D eigenvalue weighted by Gasteiger charge is 2.55. The van der Waals surface area contributed by atoms with Crippen molar-refractivity contribution in [2.45, 2.75) is 88.7 Å². The van der Waals surface area contributed by atoms with Gasteiger partial charge in [0.15, 0.2) is 0 Å². The number of ether oxygens (including phenoxy) is 2. The highest BCUT2D eigenvalue weighted by molar-refractivity contribution is 5.95. The van der Waals surface area contributed by atoms with Gasteiger partial charge in [-0.3, -0.25) is 4.79 Å². The van der Waals surface area contributed by atoms with E-state index in [0.717, 1.165) is 58.0 Å². The third kappa shape index (κ3) is 4.04. The average Bonchev–Trinajstić information content (AvgIpc) is 3.29. The van der Waals surface area contributed by atoms with Gasteiger partial charge in [-0.2, -0.15) is 0 Å². The Hall–Kier alpha value is -1.77. The molecule has 33 heavy (non-hydrogen) atoms. The Balaban J connectivity index is 1.25. The topological polar surface area (TPSA) is 96.8 Å². The summed E-state index contributed by atoms with van der Waals surface area (Å²) in [4.78, 5) is 25.2. The molecule has 4 aliphatic carbocycles. The molecular weight excluding hydrogens is 420 g/mol. The first-order chi connectivity index (χ1) is 15.9. The largest absolute Gasteiger partial charge is 0.390 e. The maximum Gasteiger partial charge on any atom is 0.255 e. The van der Waals surface area contributed by atoms with E-state index in [0.29, 0.717) is 41.6 Å². The predicted molar refractivity (Wildman–Crippen MR) is 122 cm³/mol. The summed E-state index contributed by atoms with van der Waals surface area (Å²) in [5, 5.41) is 14.2. The molecular formula is C25H36N4O4. The minimum absolute atomic E-state index is 0.0970. The number of aromatic nitrogens is 2. The van der Waals surface area contributed by atoms with Crippen molar-refractivity contribution in [3.05, 3.63) is 17.5 Å². The van der Waals surface area contributed by atoms with Crippen LogP contribution < -0.4 is 10.2 Å². The first-order valence-corrected chi connectivity index (χ1v) is 12.8. The van der Waals surface area contributed by atoms with Gasteiger partial charge in [0.05, 0.1) is 29.1 Å². The molecule has 2 aliphatic heterocycles. The van der Waals surface area contributed by atoms with Crippen molar-refractivity contribution in [3.8, 4) is 0 Å². The molecule has 6 fully saturated rings. The van der Waals surface area contributed by atoms with Crippen molar-refractivity contribution in [1.29, 1.82) is 0 Å².